The highest BCUT2D eigenvalue weighted by Crippen LogP contribution is 2.23. The Hall–Kier alpha value is -4.08. The molecule has 10 heteroatoms. The SMILES string of the molecule is COC(=O)c1ccc(Cn2nc(-c3nc(-c4ccc(OCF)cc4)no3)nc2C)cc1. The molecule has 0 aliphatic heterocycles. The molecule has 0 unspecified atom stereocenters. The lowest BCUT2D eigenvalue weighted by atomic mass is 10.1. The third kappa shape index (κ3) is 4.42. The van der Waals surface area contributed by atoms with Crippen molar-refractivity contribution in [1.29, 1.82) is 0 Å². The first-order chi connectivity index (χ1) is 15.1. The van der Waals surface area contributed by atoms with E-state index in [2.05, 4.69) is 20.2 Å². The van der Waals surface area contributed by atoms with Crippen molar-refractivity contribution in [2.75, 3.05) is 14.0 Å². The van der Waals surface area contributed by atoms with E-state index < -0.39 is 6.86 Å². The van der Waals surface area contributed by atoms with Crippen LogP contribution in [-0.4, -0.2) is 44.8 Å². The van der Waals surface area contributed by atoms with Gasteiger partial charge in [-0.3, -0.25) is 0 Å². The summed E-state index contributed by atoms with van der Waals surface area (Å²) in [5, 5.41) is 8.41. The van der Waals surface area contributed by atoms with Gasteiger partial charge in [-0.25, -0.2) is 18.9 Å². The number of hydrogen-bond acceptors (Lipinski definition) is 8. The van der Waals surface area contributed by atoms with Crippen LogP contribution < -0.4 is 4.74 Å². The maximum Gasteiger partial charge on any atom is 0.337 e. The number of carbonyl (C=O) groups is 1. The van der Waals surface area contributed by atoms with Crippen LogP contribution in [0.1, 0.15) is 21.7 Å². The summed E-state index contributed by atoms with van der Waals surface area (Å²) in [6, 6.07) is 13.7. The molecule has 0 spiro atoms. The van der Waals surface area contributed by atoms with Gasteiger partial charge in [-0.2, -0.15) is 4.98 Å². The molecule has 9 nitrogen and oxygen atoms in total. The summed E-state index contributed by atoms with van der Waals surface area (Å²) >= 11 is 0. The minimum absolute atomic E-state index is 0.182. The Kier molecular flexibility index (Phi) is 5.69. The van der Waals surface area contributed by atoms with Crippen LogP contribution in [0.4, 0.5) is 4.39 Å². The average molecular weight is 423 g/mol. The number of rotatable bonds is 7. The molecule has 0 amide bonds. The maximum atomic E-state index is 12.2. The number of benzene rings is 2. The van der Waals surface area contributed by atoms with Crippen molar-refractivity contribution in [3.05, 3.63) is 65.5 Å². The molecule has 2 aromatic carbocycles. The monoisotopic (exact) mass is 423 g/mol. The quantitative estimate of drug-likeness (QED) is 0.416. The first kappa shape index (κ1) is 20.2. The highest BCUT2D eigenvalue weighted by atomic mass is 19.1. The van der Waals surface area contributed by atoms with Crippen LogP contribution in [0.5, 0.6) is 5.75 Å². The second-order valence-electron chi connectivity index (χ2n) is 6.53. The maximum absolute atomic E-state index is 12.2. The van der Waals surface area contributed by atoms with E-state index >= 15 is 0 Å². The molecule has 4 aromatic rings. The third-order valence-corrected chi connectivity index (χ3v) is 4.52. The van der Waals surface area contributed by atoms with Gasteiger partial charge in [-0.1, -0.05) is 17.3 Å². The van der Waals surface area contributed by atoms with E-state index in [0.29, 0.717) is 40.9 Å². The number of nitrogens with zero attached hydrogens (tertiary/aromatic N) is 5. The summed E-state index contributed by atoms with van der Waals surface area (Å²) in [7, 11) is 1.34. The average Bonchev–Trinajstić information content (AvgIpc) is 3.42. The van der Waals surface area contributed by atoms with Crippen molar-refractivity contribution in [2.24, 2.45) is 0 Å². The fraction of sp³-hybridized carbons (Fsp3) is 0.190. The van der Waals surface area contributed by atoms with Crippen molar-refractivity contribution >= 4 is 5.97 Å². The van der Waals surface area contributed by atoms with Crippen LogP contribution in [0.3, 0.4) is 0 Å². The molecule has 0 bridgehead atoms. The molecular formula is C21H18FN5O4. The minimum atomic E-state index is -0.894. The molecule has 0 saturated heterocycles. The van der Waals surface area contributed by atoms with Crippen LogP contribution >= 0.6 is 0 Å². The molecule has 0 N–H and O–H groups in total. The lowest BCUT2D eigenvalue weighted by Gasteiger charge is -2.04. The summed E-state index contributed by atoms with van der Waals surface area (Å²) < 4.78 is 28.7. The molecule has 4 rings (SSSR count). The minimum Gasteiger partial charge on any atom is -0.465 e. The number of alkyl halides is 1. The van der Waals surface area contributed by atoms with Crippen molar-refractivity contribution in [2.45, 2.75) is 13.5 Å². The molecule has 158 valence electrons. The van der Waals surface area contributed by atoms with Crippen molar-refractivity contribution in [3.63, 3.8) is 0 Å². The predicted octanol–water partition coefficient (Wildman–Crippen LogP) is 3.44. The summed E-state index contributed by atoms with van der Waals surface area (Å²) in [6.45, 7) is 1.38. The zero-order chi connectivity index (χ0) is 21.8. The molecule has 0 saturated carbocycles. The van der Waals surface area contributed by atoms with E-state index in [9.17, 15) is 9.18 Å². The van der Waals surface area contributed by atoms with Crippen LogP contribution in [0.25, 0.3) is 23.1 Å². The summed E-state index contributed by atoms with van der Waals surface area (Å²) in [5.74, 6) is 1.53. The normalized spacial score (nSPS) is 10.8. The predicted molar refractivity (Wildman–Crippen MR) is 107 cm³/mol. The number of ether oxygens (including phenoxy) is 2. The first-order valence-corrected chi connectivity index (χ1v) is 9.29. The highest BCUT2D eigenvalue weighted by Gasteiger charge is 2.17. The lowest BCUT2D eigenvalue weighted by Crippen LogP contribution is -2.05. The zero-order valence-electron chi connectivity index (χ0n) is 16.8. The molecule has 2 aromatic heterocycles. The number of methoxy groups -OCH3 is 1. The van der Waals surface area contributed by atoms with E-state index in [0.717, 1.165) is 5.56 Å². The van der Waals surface area contributed by atoms with Crippen molar-refractivity contribution in [3.8, 4) is 28.9 Å². The number of esters is 1. The number of aryl methyl sites for hydroxylation is 1. The largest absolute Gasteiger partial charge is 0.465 e. The van der Waals surface area contributed by atoms with Gasteiger partial charge in [0.05, 0.1) is 19.2 Å². The summed E-state index contributed by atoms with van der Waals surface area (Å²) in [6.07, 6.45) is 0. The van der Waals surface area contributed by atoms with Crippen LogP contribution in [0, 0.1) is 6.92 Å². The van der Waals surface area contributed by atoms with E-state index in [1.165, 1.54) is 7.11 Å². The van der Waals surface area contributed by atoms with Gasteiger partial charge in [0, 0.05) is 5.56 Å². The van der Waals surface area contributed by atoms with Gasteiger partial charge in [0.25, 0.3) is 5.89 Å². The third-order valence-electron chi connectivity index (χ3n) is 4.52. The second kappa shape index (κ2) is 8.74. The Morgan fingerprint density at radius 3 is 2.48 bits per heavy atom. The van der Waals surface area contributed by atoms with E-state index in [-0.39, 0.29) is 11.9 Å². The van der Waals surface area contributed by atoms with Crippen molar-refractivity contribution in [1.82, 2.24) is 24.9 Å². The van der Waals surface area contributed by atoms with Crippen LogP contribution in [-0.2, 0) is 11.3 Å². The Bertz CT molecular complexity index is 1190. The molecule has 0 aliphatic carbocycles. The summed E-state index contributed by atoms with van der Waals surface area (Å²) in [4.78, 5) is 20.3. The molecule has 31 heavy (non-hydrogen) atoms. The van der Waals surface area contributed by atoms with Gasteiger partial charge in [0.1, 0.15) is 11.6 Å². The molecular weight excluding hydrogens is 405 g/mol. The molecule has 0 aliphatic rings. The second-order valence-corrected chi connectivity index (χ2v) is 6.53. The van der Waals surface area contributed by atoms with E-state index in [4.69, 9.17) is 14.0 Å². The highest BCUT2D eigenvalue weighted by molar-refractivity contribution is 5.89. The topological polar surface area (TPSA) is 105 Å². The zero-order valence-corrected chi connectivity index (χ0v) is 16.8. The standard InChI is InChI=1S/C21H18FN5O4/c1-13-23-19(25-27(13)11-14-3-5-16(6-4-14)21(28)29-2)20-24-18(26-31-20)15-7-9-17(10-8-15)30-12-22/h3-10H,11-12H2,1-2H3. The fourth-order valence-electron chi connectivity index (χ4n) is 2.89. The number of hydrogen-bond donors (Lipinski definition) is 0. The number of carbonyl (C=O) groups excluding carboxylic acids is 1. The van der Waals surface area contributed by atoms with Gasteiger partial charge in [-0.15, -0.1) is 5.10 Å². The fourth-order valence-corrected chi connectivity index (χ4v) is 2.89. The van der Waals surface area contributed by atoms with Gasteiger partial charge >= 0.3 is 5.97 Å². The molecule has 2 heterocycles. The summed E-state index contributed by atoms with van der Waals surface area (Å²) in [5.41, 5.74) is 2.10. The van der Waals surface area contributed by atoms with Crippen LogP contribution in [0.15, 0.2) is 53.1 Å². The van der Waals surface area contributed by atoms with Gasteiger partial charge in [0.2, 0.25) is 18.5 Å². The van der Waals surface area contributed by atoms with Gasteiger partial charge in [0.15, 0.2) is 0 Å². The Morgan fingerprint density at radius 2 is 1.81 bits per heavy atom. The van der Waals surface area contributed by atoms with Crippen LogP contribution in [0.2, 0.25) is 0 Å². The molecule has 0 fully saturated rings. The van der Waals surface area contributed by atoms with Gasteiger partial charge in [-0.05, 0) is 48.9 Å². The Balaban J connectivity index is 1.50. The molecule has 0 radical (unpaired) electrons. The van der Waals surface area contributed by atoms with E-state index in [1.54, 1.807) is 41.1 Å². The molecule has 0 atom stereocenters. The lowest BCUT2D eigenvalue weighted by molar-refractivity contribution is 0.0600. The smallest absolute Gasteiger partial charge is 0.337 e. The van der Waals surface area contributed by atoms with Crippen molar-refractivity contribution < 1.29 is 23.2 Å². The van der Waals surface area contributed by atoms with Gasteiger partial charge < -0.3 is 14.0 Å². The Labute approximate surface area is 176 Å². The first-order valence-electron chi connectivity index (χ1n) is 9.29. The van der Waals surface area contributed by atoms with E-state index in [1.807, 2.05) is 19.1 Å². The Morgan fingerprint density at radius 1 is 1.06 bits per heavy atom. The number of halogens is 1. The number of aromatic nitrogens is 5.